The van der Waals surface area contributed by atoms with E-state index in [1.54, 1.807) is 17.8 Å². The molecule has 0 radical (unpaired) electrons. The highest BCUT2D eigenvalue weighted by Gasteiger charge is 2.20. The minimum atomic E-state index is -3.60. The van der Waals surface area contributed by atoms with Crippen molar-refractivity contribution in [1.29, 1.82) is 0 Å². The fourth-order valence-corrected chi connectivity index (χ4v) is 3.40. The lowest BCUT2D eigenvalue weighted by atomic mass is 10.1. The zero-order valence-corrected chi connectivity index (χ0v) is 13.0. The van der Waals surface area contributed by atoms with Crippen molar-refractivity contribution in [2.75, 3.05) is 4.72 Å². The molecular formula is C14H19N3O2S. The van der Waals surface area contributed by atoms with Crippen LogP contribution in [0.2, 0.25) is 0 Å². The van der Waals surface area contributed by atoms with Gasteiger partial charge in [-0.25, -0.2) is 8.42 Å². The fourth-order valence-electron chi connectivity index (χ4n) is 2.17. The first-order valence-corrected chi connectivity index (χ1v) is 7.95. The number of hydrogen-bond acceptors (Lipinski definition) is 3. The van der Waals surface area contributed by atoms with Gasteiger partial charge in [0.1, 0.15) is 4.90 Å². The van der Waals surface area contributed by atoms with E-state index >= 15 is 0 Å². The molecule has 6 heteroatoms. The van der Waals surface area contributed by atoms with E-state index < -0.39 is 10.0 Å². The number of benzene rings is 1. The van der Waals surface area contributed by atoms with Gasteiger partial charge in [-0.15, -0.1) is 0 Å². The number of aromatic nitrogens is 2. The van der Waals surface area contributed by atoms with E-state index in [0.29, 0.717) is 17.9 Å². The monoisotopic (exact) mass is 293 g/mol. The second-order valence-electron chi connectivity index (χ2n) is 4.92. The van der Waals surface area contributed by atoms with E-state index in [4.69, 9.17) is 0 Å². The number of sulfonamides is 1. The Morgan fingerprint density at radius 1 is 1.15 bits per heavy atom. The van der Waals surface area contributed by atoms with Crippen LogP contribution in [0.15, 0.2) is 29.3 Å². The topological polar surface area (TPSA) is 64.0 Å². The van der Waals surface area contributed by atoms with Gasteiger partial charge in [0, 0.05) is 18.4 Å². The van der Waals surface area contributed by atoms with Crippen LogP contribution in [-0.2, 0) is 16.6 Å². The molecule has 1 aromatic carbocycles. The third-order valence-corrected chi connectivity index (χ3v) is 4.47. The van der Waals surface area contributed by atoms with Crippen LogP contribution in [0.3, 0.4) is 0 Å². The largest absolute Gasteiger partial charge is 0.280 e. The first-order chi connectivity index (χ1) is 9.31. The number of rotatable bonds is 4. The zero-order valence-electron chi connectivity index (χ0n) is 12.1. The second kappa shape index (κ2) is 5.28. The molecule has 2 aromatic rings. The molecule has 0 atom stereocenters. The molecular weight excluding hydrogens is 274 g/mol. The Morgan fingerprint density at radius 3 is 2.25 bits per heavy atom. The molecule has 108 valence electrons. The Labute approximate surface area is 119 Å². The van der Waals surface area contributed by atoms with E-state index in [9.17, 15) is 8.42 Å². The predicted molar refractivity (Wildman–Crippen MR) is 79.4 cm³/mol. The van der Waals surface area contributed by atoms with Gasteiger partial charge < -0.3 is 0 Å². The quantitative estimate of drug-likeness (QED) is 0.942. The van der Waals surface area contributed by atoms with Crippen molar-refractivity contribution in [1.82, 2.24) is 9.78 Å². The summed E-state index contributed by atoms with van der Waals surface area (Å²) in [5.74, 6) is 0. The van der Waals surface area contributed by atoms with Crippen molar-refractivity contribution >= 4 is 15.7 Å². The summed E-state index contributed by atoms with van der Waals surface area (Å²) >= 11 is 0. The Kier molecular flexibility index (Phi) is 3.85. The van der Waals surface area contributed by atoms with Crippen LogP contribution >= 0.6 is 0 Å². The van der Waals surface area contributed by atoms with Gasteiger partial charge >= 0.3 is 0 Å². The molecule has 20 heavy (non-hydrogen) atoms. The molecule has 2 rings (SSSR count). The lowest BCUT2D eigenvalue weighted by molar-refractivity contribution is 0.600. The average molecular weight is 293 g/mol. The second-order valence-corrected chi connectivity index (χ2v) is 6.57. The van der Waals surface area contributed by atoms with Crippen LogP contribution < -0.4 is 4.72 Å². The van der Waals surface area contributed by atoms with Crippen molar-refractivity contribution in [3.63, 3.8) is 0 Å². The molecule has 0 spiro atoms. The third kappa shape index (κ3) is 3.01. The van der Waals surface area contributed by atoms with E-state index in [1.807, 2.05) is 39.0 Å². The SMILES string of the molecule is CCn1cc(S(=O)(=O)Nc2cc(C)cc(C)c2)c(C)n1. The molecule has 0 saturated heterocycles. The standard InChI is InChI=1S/C14H19N3O2S/c1-5-17-9-14(12(4)15-17)20(18,19)16-13-7-10(2)6-11(3)8-13/h6-9,16H,5H2,1-4H3. The van der Waals surface area contributed by atoms with Crippen molar-refractivity contribution in [2.45, 2.75) is 39.1 Å². The minimum absolute atomic E-state index is 0.221. The number of nitrogens with one attached hydrogen (secondary N) is 1. The highest BCUT2D eigenvalue weighted by atomic mass is 32.2. The van der Waals surface area contributed by atoms with E-state index in [1.165, 1.54) is 0 Å². The lowest BCUT2D eigenvalue weighted by Crippen LogP contribution is -2.13. The highest BCUT2D eigenvalue weighted by molar-refractivity contribution is 7.92. The lowest BCUT2D eigenvalue weighted by Gasteiger charge is -2.09. The molecule has 0 aliphatic carbocycles. The molecule has 1 heterocycles. The third-order valence-electron chi connectivity index (χ3n) is 2.99. The van der Waals surface area contributed by atoms with Crippen molar-refractivity contribution in [3.8, 4) is 0 Å². The molecule has 1 aromatic heterocycles. The molecule has 0 bridgehead atoms. The summed E-state index contributed by atoms with van der Waals surface area (Å²) in [5, 5.41) is 4.17. The fraction of sp³-hybridized carbons (Fsp3) is 0.357. The first kappa shape index (κ1) is 14.6. The summed E-state index contributed by atoms with van der Waals surface area (Å²) in [6.07, 6.45) is 1.56. The van der Waals surface area contributed by atoms with Crippen LogP contribution in [-0.4, -0.2) is 18.2 Å². The van der Waals surface area contributed by atoms with Crippen molar-refractivity contribution < 1.29 is 8.42 Å². The maximum atomic E-state index is 12.4. The minimum Gasteiger partial charge on any atom is -0.280 e. The Morgan fingerprint density at radius 2 is 1.75 bits per heavy atom. The average Bonchev–Trinajstić information content (AvgIpc) is 2.69. The van der Waals surface area contributed by atoms with Crippen LogP contribution in [0.4, 0.5) is 5.69 Å². The van der Waals surface area contributed by atoms with Gasteiger partial charge in [0.2, 0.25) is 0 Å². The summed E-state index contributed by atoms with van der Waals surface area (Å²) in [6, 6.07) is 5.62. The van der Waals surface area contributed by atoms with E-state index in [2.05, 4.69) is 9.82 Å². The molecule has 0 saturated carbocycles. The first-order valence-electron chi connectivity index (χ1n) is 6.47. The molecule has 0 amide bonds. The molecule has 0 aliphatic rings. The Balaban J connectivity index is 2.37. The van der Waals surface area contributed by atoms with Crippen LogP contribution in [0, 0.1) is 20.8 Å². The van der Waals surface area contributed by atoms with E-state index in [-0.39, 0.29) is 4.90 Å². The van der Waals surface area contributed by atoms with Crippen LogP contribution in [0.5, 0.6) is 0 Å². The number of hydrogen-bond donors (Lipinski definition) is 1. The zero-order chi connectivity index (χ0) is 14.9. The van der Waals surface area contributed by atoms with Crippen molar-refractivity contribution in [2.24, 2.45) is 0 Å². The molecule has 0 unspecified atom stereocenters. The summed E-state index contributed by atoms with van der Waals surface area (Å²) < 4.78 is 29.0. The van der Waals surface area contributed by atoms with Gasteiger partial charge in [0.15, 0.2) is 0 Å². The Hall–Kier alpha value is -1.82. The molecule has 5 nitrogen and oxygen atoms in total. The van der Waals surface area contributed by atoms with Crippen LogP contribution in [0.25, 0.3) is 0 Å². The van der Waals surface area contributed by atoms with Gasteiger partial charge in [-0.3, -0.25) is 9.40 Å². The molecule has 1 N–H and O–H groups in total. The highest BCUT2D eigenvalue weighted by Crippen LogP contribution is 2.20. The number of aryl methyl sites for hydroxylation is 4. The van der Waals surface area contributed by atoms with Gasteiger partial charge in [0.05, 0.1) is 5.69 Å². The van der Waals surface area contributed by atoms with Gasteiger partial charge in [-0.05, 0) is 51.0 Å². The maximum absolute atomic E-state index is 12.4. The van der Waals surface area contributed by atoms with Gasteiger partial charge in [-0.1, -0.05) is 6.07 Å². The smallest absolute Gasteiger partial charge is 0.265 e. The van der Waals surface area contributed by atoms with Crippen LogP contribution in [0.1, 0.15) is 23.7 Å². The Bertz CT molecular complexity index is 713. The summed E-state index contributed by atoms with van der Waals surface area (Å²) in [5.41, 5.74) is 3.11. The van der Waals surface area contributed by atoms with Crippen molar-refractivity contribution in [3.05, 3.63) is 41.2 Å². The molecule has 0 aliphatic heterocycles. The molecule has 0 fully saturated rings. The predicted octanol–water partition coefficient (Wildman–Crippen LogP) is 2.63. The summed E-state index contributed by atoms with van der Waals surface area (Å²) in [6.45, 7) is 8.12. The summed E-state index contributed by atoms with van der Waals surface area (Å²) in [7, 11) is -3.60. The van der Waals surface area contributed by atoms with E-state index in [0.717, 1.165) is 11.1 Å². The maximum Gasteiger partial charge on any atom is 0.265 e. The van der Waals surface area contributed by atoms with Gasteiger partial charge in [0.25, 0.3) is 10.0 Å². The normalized spacial score (nSPS) is 11.6. The summed E-state index contributed by atoms with van der Waals surface area (Å²) in [4.78, 5) is 0.221. The number of anilines is 1. The van der Waals surface area contributed by atoms with Gasteiger partial charge in [-0.2, -0.15) is 5.10 Å². The number of nitrogens with zero attached hydrogens (tertiary/aromatic N) is 2.